The lowest BCUT2D eigenvalue weighted by molar-refractivity contribution is 0.393. The highest BCUT2D eigenvalue weighted by molar-refractivity contribution is 6.19. The summed E-state index contributed by atoms with van der Waals surface area (Å²) in [5, 5.41) is 0. The molecule has 1 rings (SSSR count). The zero-order chi connectivity index (χ0) is 11.3. The summed E-state index contributed by atoms with van der Waals surface area (Å²) in [5.41, 5.74) is 2.11. The van der Waals surface area contributed by atoms with Crippen LogP contribution in [0.3, 0.4) is 0 Å². The van der Waals surface area contributed by atoms with Crippen LogP contribution in [-0.4, -0.2) is 20.1 Å². The predicted molar refractivity (Wildman–Crippen MR) is 63.9 cm³/mol. The Balaban J connectivity index is 3.08. The molecule has 0 aliphatic heterocycles. The Morgan fingerprint density at radius 3 is 2.60 bits per heavy atom. The zero-order valence-corrected chi connectivity index (χ0v) is 9.97. The van der Waals surface area contributed by atoms with Gasteiger partial charge in [0.05, 0.1) is 14.2 Å². The van der Waals surface area contributed by atoms with Crippen LogP contribution in [0, 0.1) is 0 Å². The van der Waals surface area contributed by atoms with Gasteiger partial charge in [0.15, 0.2) is 0 Å². The number of hydrogen-bond acceptors (Lipinski definition) is 2. The minimum Gasteiger partial charge on any atom is -0.497 e. The number of allylic oxidation sites excluding steroid dienone is 1. The van der Waals surface area contributed by atoms with Crippen LogP contribution < -0.4 is 9.47 Å². The third kappa shape index (κ3) is 3.17. The van der Waals surface area contributed by atoms with Gasteiger partial charge in [-0.25, -0.2) is 0 Å². The Morgan fingerprint density at radius 1 is 1.33 bits per heavy atom. The first-order valence-corrected chi connectivity index (χ1v) is 5.20. The van der Waals surface area contributed by atoms with E-state index in [9.17, 15) is 0 Å². The molecule has 0 saturated carbocycles. The van der Waals surface area contributed by atoms with Gasteiger partial charge in [-0.2, -0.15) is 0 Å². The Hall–Kier alpha value is -1.15. The van der Waals surface area contributed by atoms with Crippen LogP contribution in [0.5, 0.6) is 11.5 Å². The lowest BCUT2D eigenvalue weighted by Gasteiger charge is -2.07. The van der Waals surface area contributed by atoms with Crippen LogP contribution in [0.4, 0.5) is 0 Å². The molecule has 0 spiro atoms. The molecule has 0 saturated heterocycles. The van der Waals surface area contributed by atoms with Crippen LogP contribution in [-0.2, 0) is 0 Å². The summed E-state index contributed by atoms with van der Waals surface area (Å²) < 4.78 is 10.4. The van der Waals surface area contributed by atoms with Gasteiger partial charge in [-0.15, -0.1) is 11.6 Å². The van der Waals surface area contributed by atoms with Crippen molar-refractivity contribution >= 4 is 17.7 Å². The van der Waals surface area contributed by atoms with Crippen molar-refractivity contribution in [1.29, 1.82) is 0 Å². The lowest BCUT2D eigenvalue weighted by Crippen LogP contribution is -1.90. The molecule has 0 unspecified atom stereocenters. The van der Waals surface area contributed by atoms with E-state index in [1.807, 2.05) is 31.2 Å². The van der Waals surface area contributed by atoms with Gasteiger partial charge >= 0.3 is 0 Å². The van der Waals surface area contributed by atoms with Crippen LogP contribution in [0.2, 0.25) is 0 Å². The molecule has 0 aliphatic rings. The highest BCUT2D eigenvalue weighted by Gasteiger charge is 2.02. The quantitative estimate of drug-likeness (QED) is 0.734. The summed E-state index contributed by atoms with van der Waals surface area (Å²) in [5.74, 6) is 2.10. The van der Waals surface area contributed by atoms with Crippen molar-refractivity contribution in [2.75, 3.05) is 20.1 Å². The molecule has 0 radical (unpaired) electrons. The topological polar surface area (TPSA) is 18.5 Å². The van der Waals surface area contributed by atoms with E-state index in [2.05, 4.69) is 0 Å². The third-order valence-corrected chi connectivity index (χ3v) is 2.47. The van der Waals surface area contributed by atoms with Gasteiger partial charge in [0, 0.05) is 17.5 Å². The first kappa shape index (κ1) is 11.9. The molecule has 0 bridgehead atoms. The molecule has 15 heavy (non-hydrogen) atoms. The minimum atomic E-state index is 0.523. The zero-order valence-electron chi connectivity index (χ0n) is 9.21. The van der Waals surface area contributed by atoms with Gasteiger partial charge in [-0.1, -0.05) is 11.6 Å². The summed E-state index contributed by atoms with van der Waals surface area (Å²) in [4.78, 5) is 0. The van der Waals surface area contributed by atoms with Crippen LogP contribution in [0.1, 0.15) is 12.5 Å². The lowest BCUT2D eigenvalue weighted by atomic mass is 10.1. The molecule has 82 valence electrons. The van der Waals surface area contributed by atoms with Crippen molar-refractivity contribution in [2.24, 2.45) is 0 Å². The Labute approximate surface area is 95.5 Å². The Bertz CT molecular complexity index is 359. The van der Waals surface area contributed by atoms with E-state index in [-0.39, 0.29) is 0 Å². The number of halogens is 1. The molecule has 0 amide bonds. The largest absolute Gasteiger partial charge is 0.497 e. The summed E-state index contributed by atoms with van der Waals surface area (Å²) >= 11 is 5.72. The third-order valence-electron chi connectivity index (χ3n) is 2.05. The molecule has 1 aromatic carbocycles. The molecular formula is C12H15ClO2. The van der Waals surface area contributed by atoms with E-state index < -0.39 is 0 Å². The van der Waals surface area contributed by atoms with Gasteiger partial charge in [0.25, 0.3) is 0 Å². The second-order valence-electron chi connectivity index (χ2n) is 3.23. The fourth-order valence-corrected chi connectivity index (χ4v) is 1.32. The van der Waals surface area contributed by atoms with E-state index in [0.29, 0.717) is 5.88 Å². The van der Waals surface area contributed by atoms with E-state index in [4.69, 9.17) is 21.1 Å². The predicted octanol–water partition coefficient (Wildman–Crippen LogP) is 3.35. The van der Waals surface area contributed by atoms with Crippen molar-refractivity contribution in [1.82, 2.24) is 0 Å². The van der Waals surface area contributed by atoms with Crippen LogP contribution in [0.15, 0.2) is 23.8 Å². The number of methoxy groups -OCH3 is 2. The van der Waals surface area contributed by atoms with Gasteiger partial charge < -0.3 is 9.47 Å². The molecule has 3 heteroatoms. The molecule has 2 nitrogen and oxygen atoms in total. The summed E-state index contributed by atoms with van der Waals surface area (Å²) in [7, 11) is 3.27. The van der Waals surface area contributed by atoms with Crippen molar-refractivity contribution in [3.05, 3.63) is 29.3 Å². The molecule has 0 aromatic heterocycles. The monoisotopic (exact) mass is 226 g/mol. The van der Waals surface area contributed by atoms with Gasteiger partial charge in [0.1, 0.15) is 11.5 Å². The van der Waals surface area contributed by atoms with Crippen molar-refractivity contribution in [3.8, 4) is 11.5 Å². The number of ether oxygens (including phenoxy) is 2. The van der Waals surface area contributed by atoms with Gasteiger partial charge in [0.2, 0.25) is 0 Å². The Kier molecular flexibility index (Phi) is 4.50. The van der Waals surface area contributed by atoms with E-state index >= 15 is 0 Å². The van der Waals surface area contributed by atoms with Crippen molar-refractivity contribution in [3.63, 3.8) is 0 Å². The van der Waals surface area contributed by atoms with Crippen LogP contribution >= 0.6 is 11.6 Å². The van der Waals surface area contributed by atoms with Gasteiger partial charge in [-0.05, 0) is 19.1 Å². The standard InChI is InChI=1S/C12H15ClO2/c1-9(8-13)6-10-4-5-11(14-2)7-12(10)15-3/h4-7H,8H2,1-3H3. The van der Waals surface area contributed by atoms with E-state index in [0.717, 1.165) is 22.6 Å². The van der Waals surface area contributed by atoms with E-state index in [1.54, 1.807) is 14.2 Å². The normalized spacial score (nSPS) is 11.3. The van der Waals surface area contributed by atoms with E-state index in [1.165, 1.54) is 0 Å². The van der Waals surface area contributed by atoms with Crippen LogP contribution in [0.25, 0.3) is 6.08 Å². The molecule has 0 atom stereocenters. The maximum atomic E-state index is 5.72. The number of hydrogen-bond donors (Lipinski definition) is 0. The number of rotatable bonds is 4. The van der Waals surface area contributed by atoms with Gasteiger partial charge in [-0.3, -0.25) is 0 Å². The molecular weight excluding hydrogens is 212 g/mol. The first-order valence-electron chi connectivity index (χ1n) is 4.66. The average Bonchev–Trinajstić information content (AvgIpc) is 2.29. The molecule has 0 N–H and O–H groups in total. The molecule has 0 fully saturated rings. The molecule has 0 heterocycles. The minimum absolute atomic E-state index is 0.523. The Morgan fingerprint density at radius 2 is 2.07 bits per heavy atom. The number of alkyl halides is 1. The summed E-state index contributed by atoms with van der Waals surface area (Å²) in [6, 6.07) is 5.71. The number of benzene rings is 1. The fraction of sp³-hybridized carbons (Fsp3) is 0.333. The SMILES string of the molecule is COc1ccc(C=C(C)CCl)c(OC)c1. The second-order valence-corrected chi connectivity index (χ2v) is 3.50. The summed E-state index contributed by atoms with van der Waals surface area (Å²) in [6.45, 7) is 1.98. The fourth-order valence-electron chi connectivity index (χ4n) is 1.24. The highest BCUT2D eigenvalue weighted by Crippen LogP contribution is 2.26. The first-order chi connectivity index (χ1) is 7.21. The second kappa shape index (κ2) is 5.66. The molecule has 0 aliphatic carbocycles. The van der Waals surface area contributed by atoms with Crippen molar-refractivity contribution < 1.29 is 9.47 Å². The van der Waals surface area contributed by atoms with Crippen molar-refractivity contribution in [2.45, 2.75) is 6.92 Å². The maximum Gasteiger partial charge on any atom is 0.129 e. The summed E-state index contributed by atoms with van der Waals surface area (Å²) in [6.07, 6.45) is 2.01. The highest BCUT2D eigenvalue weighted by atomic mass is 35.5. The smallest absolute Gasteiger partial charge is 0.129 e. The average molecular weight is 227 g/mol. The maximum absolute atomic E-state index is 5.72. The molecule has 1 aromatic rings.